The summed E-state index contributed by atoms with van der Waals surface area (Å²) >= 11 is 1.59. The number of hydrogen-bond acceptors (Lipinski definition) is 6. The van der Waals surface area contributed by atoms with E-state index in [0.29, 0.717) is 63.1 Å². The highest BCUT2D eigenvalue weighted by atomic mass is 32.1. The van der Waals surface area contributed by atoms with Crippen LogP contribution in [0.15, 0.2) is 22.9 Å². The van der Waals surface area contributed by atoms with Gasteiger partial charge in [-0.05, 0) is 29.9 Å². The summed E-state index contributed by atoms with van der Waals surface area (Å²) in [5.74, 6) is 0.357. The van der Waals surface area contributed by atoms with Crippen molar-refractivity contribution in [3.05, 3.63) is 45.5 Å². The first-order valence-corrected chi connectivity index (χ1v) is 12.8. The Hall–Kier alpha value is -2.98. The number of carbonyl (C=O) groups is 2. The van der Waals surface area contributed by atoms with Crippen LogP contribution in [0.25, 0.3) is 11.3 Å². The van der Waals surface area contributed by atoms with E-state index in [1.165, 1.54) is 0 Å². The third kappa shape index (κ3) is 4.52. The van der Waals surface area contributed by atoms with Crippen LogP contribution < -0.4 is 0 Å². The molecular formula is C24H30N6O3S. The molecule has 1 saturated heterocycles. The zero-order chi connectivity index (χ0) is 23.7. The minimum atomic E-state index is -0.112. The average Bonchev–Trinajstić information content (AvgIpc) is 3.62. The average molecular weight is 483 g/mol. The van der Waals surface area contributed by atoms with E-state index in [1.807, 2.05) is 26.4 Å². The molecule has 2 aliphatic heterocycles. The second-order valence-electron chi connectivity index (χ2n) is 9.24. The fourth-order valence-electron chi connectivity index (χ4n) is 4.48. The number of aromatic amines is 1. The summed E-state index contributed by atoms with van der Waals surface area (Å²) in [5, 5.41) is 16.0. The first-order chi connectivity index (χ1) is 16.5. The van der Waals surface area contributed by atoms with E-state index >= 15 is 0 Å². The number of carbonyl (C=O) groups excluding carboxylic acids is 2. The lowest BCUT2D eigenvalue weighted by Crippen LogP contribution is -2.42. The standard InChI is InChI=1S/C24H30N6O3S/c1-16(2)3-7-30-21-4-6-29(23(31)20-13-19(25-26-20)17-5-12-34-15-17)14-18(21)22(27-30)24(32)28-8-10-33-11-9-28/h5,12-13,15-16H,3-4,6-11,14H2,1-2H3,(H,25,26). The fraction of sp³-hybridized carbons (Fsp3) is 0.500. The van der Waals surface area contributed by atoms with Gasteiger partial charge in [0.25, 0.3) is 11.8 Å². The Kier molecular flexibility index (Phi) is 6.51. The highest BCUT2D eigenvalue weighted by Crippen LogP contribution is 2.27. The molecule has 0 atom stereocenters. The molecule has 34 heavy (non-hydrogen) atoms. The zero-order valence-corrected chi connectivity index (χ0v) is 20.4. The molecule has 2 amide bonds. The lowest BCUT2D eigenvalue weighted by atomic mass is 10.0. The first-order valence-electron chi connectivity index (χ1n) is 11.8. The predicted octanol–water partition coefficient (Wildman–Crippen LogP) is 3.05. The second-order valence-corrected chi connectivity index (χ2v) is 10.0. The van der Waals surface area contributed by atoms with E-state index in [0.717, 1.165) is 35.5 Å². The molecule has 2 aliphatic rings. The molecule has 0 aromatic carbocycles. The molecule has 0 aliphatic carbocycles. The van der Waals surface area contributed by atoms with Gasteiger partial charge in [0.05, 0.1) is 25.5 Å². The molecule has 0 unspecified atom stereocenters. The van der Waals surface area contributed by atoms with Gasteiger partial charge in [0.2, 0.25) is 0 Å². The third-order valence-corrected chi connectivity index (χ3v) is 7.15. The van der Waals surface area contributed by atoms with E-state index in [9.17, 15) is 9.59 Å². The van der Waals surface area contributed by atoms with Crippen molar-refractivity contribution in [1.29, 1.82) is 0 Å². The van der Waals surface area contributed by atoms with Gasteiger partial charge in [-0.3, -0.25) is 19.4 Å². The molecule has 10 heteroatoms. The number of aryl methyl sites for hydroxylation is 1. The molecule has 0 saturated carbocycles. The van der Waals surface area contributed by atoms with E-state index < -0.39 is 0 Å². The fourth-order valence-corrected chi connectivity index (χ4v) is 5.13. The zero-order valence-electron chi connectivity index (χ0n) is 19.6. The molecule has 0 spiro atoms. The van der Waals surface area contributed by atoms with Crippen LogP contribution in [0.4, 0.5) is 0 Å². The SMILES string of the molecule is CC(C)CCn1nc(C(=O)N2CCOCC2)c2c1CCN(C(=O)c1cc(-c3ccsc3)n[nH]1)C2. The topological polar surface area (TPSA) is 96.3 Å². The highest BCUT2D eigenvalue weighted by Gasteiger charge is 2.33. The van der Waals surface area contributed by atoms with Crippen molar-refractivity contribution in [1.82, 2.24) is 29.8 Å². The van der Waals surface area contributed by atoms with Crippen molar-refractivity contribution in [2.45, 2.75) is 39.8 Å². The molecule has 1 N–H and O–H groups in total. The van der Waals surface area contributed by atoms with Crippen LogP contribution in [0.1, 0.15) is 52.5 Å². The molecule has 3 aromatic rings. The van der Waals surface area contributed by atoms with Gasteiger partial charge in [-0.2, -0.15) is 21.5 Å². The summed E-state index contributed by atoms with van der Waals surface area (Å²) in [4.78, 5) is 30.3. The molecule has 0 bridgehead atoms. The smallest absolute Gasteiger partial charge is 0.274 e. The van der Waals surface area contributed by atoms with E-state index in [4.69, 9.17) is 9.84 Å². The van der Waals surface area contributed by atoms with Crippen molar-refractivity contribution in [3.63, 3.8) is 0 Å². The number of thiophene rings is 1. The van der Waals surface area contributed by atoms with Gasteiger partial charge in [0, 0.05) is 54.8 Å². The highest BCUT2D eigenvalue weighted by molar-refractivity contribution is 7.08. The quantitative estimate of drug-likeness (QED) is 0.583. The normalized spacial score (nSPS) is 16.2. The van der Waals surface area contributed by atoms with Crippen molar-refractivity contribution >= 4 is 23.2 Å². The molecule has 0 radical (unpaired) electrons. The molecule has 5 rings (SSSR count). The Balaban J connectivity index is 1.40. The Morgan fingerprint density at radius 1 is 1.18 bits per heavy atom. The third-order valence-electron chi connectivity index (χ3n) is 6.47. The van der Waals surface area contributed by atoms with Gasteiger partial charge in [-0.25, -0.2) is 0 Å². The minimum absolute atomic E-state index is 0.0709. The maximum absolute atomic E-state index is 13.4. The number of amides is 2. The van der Waals surface area contributed by atoms with Gasteiger partial charge >= 0.3 is 0 Å². The van der Waals surface area contributed by atoms with Gasteiger partial charge in [-0.15, -0.1) is 0 Å². The molecule has 1 fully saturated rings. The minimum Gasteiger partial charge on any atom is -0.378 e. The van der Waals surface area contributed by atoms with E-state index in [1.54, 1.807) is 22.3 Å². The molecular weight excluding hydrogens is 452 g/mol. The Labute approximate surface area is 202 Å². The number of H-pyrrole nitrogens is 1. The Morgan fingerprint density at radius 3 is 2.74 bits per heavy atom. The van der Waals surface area contributed by atoms with Gasteiger partial charge < -0.3 is 14.5 Å². The van der Waals surface area contributed by atoms with Crippen molar-refractivity contribution in [3.8, 4) is 11.3 Å². The van der Waals surface area contributed by atoms with Crippen LogP contribution in [0, 0.1) is 5.92 Å². The number of ether oxygens (including phenoxy) is 1. The largest absolute Gasteiger partial charge is 0.378 e. The van der Waals surface area contributed by atoms with Crippen LogP contribution in [0.3, 0.4) is 0 Å². The lowest BCUT2D eigenvalue weighted by molar-refractivity contribution is 0.0296. The maximum atomic E-state index is 13.4. The van der Waals surface area contributed by atoms with Crippen LogP contribution in [0.2, 0.25) is 0 Å². The molecule has 5 heterocycles. The van der Waals surface area contributed by atoms with Gasteiger partial charge in [0.15, 0.2) is 5.69 Å². The summed E-state index contributed by atoms with van der Waals surface area (Å²) in [7, 11) is 0. The predicted molar refractivity (Wildman–Crippen MR) is 129 cm³/mol. The molecule has 180 valence electrons. The van der Waals surface area contributed by atoms with Crippen molar-refractivity contribution in [2.75, 3.05) is 32.8 Å². The van der Waals surface area contributed by atoms with Crippen molar-refractivity contribution < 1.29 is 14.3 Å². The summed E-state index contributed by atoms with van der Waals surface area (Å²) < 4.78 is 7.41. The second kappa shape index (κ2) is 9.71. The van der Waals surface area contributed by atoms with Crippen LogP contribution >= 0.6 is 11.3 Å². The number of morpholine rings is 1. The van der Waals surface area contributed by atoms with E-state index in [2.05, 4.69) is 24.0 Å². The number of fused-ring (bicyclic) bond motifs is 1. The summed E-state index contributed by atoms with van der Waals surface area (Å²) in [6.45, 7) is 8.30. The van der Waals surface area contributed by atoms with Crippen molar-refractivity contribution in [2.24, 2.45) is 5.92 Å². The Morgan fingerprint density at radius 2 is 2.00 bits per heavy atom. The summed E-state index contributed by atoms with van der Waals surface area (Å²) in [5.41, 5.74) is 4.62. The van der Waals surface area contributed by atoms with Crippen LogP contribution in [-0.2, 0) is 24.2 Å². The monoisotopic (exact) mass is 482 g/mol. The molecule has 9 nitrogen and oxygen atoms in total. The summed E-state index contributed by atoms with van der Waals surface area (Å²) in [6, 6.07) is 3.78. The summed E-state index contributed by atoms with van der Waals surface area (Å²) in [6.07, 6.45) is 1.66. The first kappa shape index (κ1) is 22.8. The Bertz CT molecular complexity index is 1160. The maximum Gasteiger partial charge on any atom is 0.274 e. The molecule has 3 aromatic heterocycles. The van der Waals surface area contributed by atoms with Gasteiger partial charge in [-0.1, -0.05) is 13.8 Å². The van der Waals surface area contributed by atoms with Crippen LogP contribution in [-0.4, -0.2) is 74.4 Å². The van der Waals surface area contributed by atoms with Gasteiger partial charge in [0.1, 0.15) is 5.69 Å². The number of nitrogens with zero attached hydrogens (tertiary/aromatic N) is 5. The van der Waals surface area contributed by atoms with Crippen LogP contribution in [0.5, 0.6) is 0 Å². The number of rotatable bonds is 6. The number of nitrogens with one attached hydrogen (secondary N) is 1. The van der Waals surface area contributed by atoms with E-state index in [-0.39, 0.29) is 11.8 Å². The number of hydrogen-bond donors (Lipinski definition) is 1. The number of aromatic nitrogens is 4. The lowest BCUT2D eigenvalue weighted by Gasteiger charge is -2.29.